The second kappa shape index (κ2) is 5.81. The van der Waals surface area contributed by atoms with Gasteiger partial charge in [0, 0.05) is 44.1 Å². The minimum absolute atomic E-state index is 0.0237. The molecular formula is C15H19N3O3. The first kappa shape index (κ1) is 14.0. The zero-order valence-corrected chi connectivity index (χ0v) is 11.9. The van der Waals surface area contributed by atoms with Gasteiger partial charge in [-0.1, -0.05) is 0 Å². The minimum atomic E-state index is -0.266. The molecule has 1 aromatic rings. The molecule has 0 saturated carbocycles. The Bertz CT molecular complexity index is 518. The van der Waals surface area contributed by atoms with Crippen LogP contribution in [0.2, 0.25) is 0 Å². The van der Waals surface area contributed by atoms with Crippen LogP contribution in [0.1, 0.15) is 23.2 Å². The van der Waals surface area contributed by atoms with Gasteiger partial charge in [-0.15, -0.1) is 0 Å². The Morgan fingerprint density at radius 3 is 2.76 bits per heavy atom. The van der Waals surface area contributed by atoms with Gasteiger partial charge < -0.3 is 15.0 Å². The van der Waals surface area contributed by atoms with E-state index in [-0.39, 0.29) is 23.8 Å². The van der Waals surface area contributed by atoms with E-state index in [0.29, 0.717) is 5.56 Å². The molecule has 0 atom stereocenters. The van der Waals surface area contributed by atoms with Crippen LogP contribution in [0.25, 0.3) is 0 Å². The molecule has 2 aliphatic heterocycles. The fourth-order valence-corrected chi connectivity index (χ4v) is 2.93. The fourth-order valence-electron chi connectivity index (χ4n) is 2.93. The van der Waals surface area contributed by atoms with Gasteiger partial charge in [-0.25, -0.2) is 0 Å². The summed E-state index contributed by atoms with van der Waals surface area (Å²) in [5.74, 6) is -0.290. The average Bonchev–Trinajstić information content (AvgIpc) is 2.51. The van der Waals surface area contributed by atoms with Crippen LogP contribution in [0.4, 0.5) is 0 Å². The molecule has 2 aliphatic rings. The first-order valence-electron chi connectivity index (χ1n) is 7.22. The van der Waals surface area contributed by atoms with E-state index in [2.05, 4.69) is 10.3 Å². The van der Waals surface area contributed by atoms with Gasteiger partial charge in [0.1, 0.15) is 0 Å². The Morgan fingerprint density at radius 1 is 1.33 bits per heavy atom. The first-order valence-corrected chi connectivity index (χ1v) is 7.22. The molecular weight excluding hydrogens is 270 g/mol. The number of nitrogens with one attached hydrogen (secondary N) is 1. The molecule has 0 radical (unpaired) electrons. The third kappa shape index (κ3) is 3.05. The molecule has 0 unspecified atom stereocenters. The summed E-state index contributed by atoms with van der Waals surface area (Å²) in [6.45, 7) is 3.20. The number of likely N-dealkylation sites (tertiary alicyclic amines) is 1. The molecule has 3 heterocycles. The molecule has 21 heavy (non-hydrogen) atoms. The molecule has 3 rings (SSSR count). The van der Waals surface area contributed by atoms with Crippen molar-refractivity contribution in [2.45, 2.75) is 12.8 Å². The largest absolute Gasteiger partial charge is 0.381 e. The van der Waals surface area contributed by atoms with Crippen LogP contribution >= 0.6 is 0 Å². The molecule has 2 amide bonds. The van der Waals surface area contributed by atoms with Crippen molar-refractivity contribution >= 4 is 11.8 Å². The Balaban J connectivity index is 1.44. The van der Waals surface area contributed by atoms with Gasteiger partial charge in [-0.2, -0.15) is 0 Å². The van der Waals surface area contributed by atoms with Crippen molar-refractivity contribution in [2.24, 2.45) is 5.41 Å². The molecule has 1 spiro atoms. The quantitative estimate of drug-likeness (QED) is 0.877. The lowest BCUT2D eigenvalue weighted by Gasteiger charge is -2.52. The molecule has 0 bridgehead atoms. The van der Waals surface area contributed by atoms with Gasteiger partial charge in [-0.3, -0.25) is 14.6 Å². The van der Waals surface area contributed by atoms with Gasteiger partial charge >= 0.3 is 0 Å². The highest BCUT2D eigenvalue weighted by Gasteiger charge is 2.45. The van der Waals surface area contributed by atoms with Gasteiger partial charge in [0.15, 0.2) is 0 Å². The van der Waals surface area contributed by atoms with Crippen LogP contribution in [0.3, 0.4) is 0 Å². The summed E-state index contributed by atoms with van der Waals surface area (Å²) in [5.41, 5.74) is 0.733. The molecule has 2 fully saturated rings. The predicted octanol–water partition coefficient (Wildman–Crippen LogP) is 0.450. The lowest BCUT2D eigenvalue weighted by molar-refractivity contribution is -0.149. The third-order valence-corrected chi connectivity index (χ3v) is 4.28. The van der Waals surface area contributed by atoms with Gasteiger partial charge in [-0.05, 0) is 25.0 Å². The maximum atomic E-state index is 12.1. The van der Waals surface area contributed by atoms with Crippen LogP contribution in [0.15, 0.2) is 24.5 Å². The van der Waals surface area contributed by atoms with Crippen LogP contribution < -0.4 is 5.32 Å². The number of hydrogen-bond acceptors (Lipinski definition) is 4. The second-order valence-electron chi connectivity index (χ2n) is 5.79. The van der Waals surface area contributed by atoms with E-state index in [1.165, 1.54) is 6.20 Å². The van der Waals surface area contributed by atoms with E-state index >= 15 is 0 Å². The highest BCUT2D eigenvalue weighted by molar-refractivity contribution is 5.96. The zero-order chi connectivity index (χ0) is 14.7. The summed E-state index contributed by atoms with van der Waals surface area (Å²) in [6, 6.07) is 3.37. The molecule has 6 nitrogen and oxygen atoms in total. The molecule has 112 valence electrons. The van der Waals surface area contributed by atoms with Crippen LogP contribution in [0, 0.1) is 5.41 Å². The predicted molar refractivity (Wildman–Crippen MR) is 75.6 cm³/mol. The van der Waals surface area contributed by atoms with E-state index in [1.807, 2.05) is 4.90 Å². The zero-order valence-electron chi connectivity index (χ0n) is 11.9. The van der Waals surface area contributed by atoms with E-state index in [9.17, 15) is 9.59 Å². The van der Waals surface area contributed by atoms with Crippen molar-refractivity contribution in [2.75, 3.05) is 32.8 Å². The summed E-state index contributed by atoms with van der Waals surface area (Å²) < 4.78 is 5.36. The Kier molecular flexibility index (Phi) is 3.88. The molecule has 6 heteroatoms. The van der Waals surface area contributed by atoms with Crippen molar-refractivity contribution in [1.82, 2.24) is 15.2 Å². The second-order valence-corrected chi connectivity index (χ2v) is 5.79. The number of ether oxygens (including phenoxy) is 1. The van der Waals surface area contributed by atoms with Crippen molar-refractivity contribution in [3.63, 3.8) is 0 Å². The monoisotopic (exact) mass is 289 g/mol. The SMILES string of the molecule is O=C(NCC(=O)N1CC2(CCOCC2)C1)c1cccnc1. The number of carbonyl (C=O) groups excluding carboxylic acids is 2. The first-order chi connectivity index (χ1) is 10.2. The van der Waals surface area contributed by atoms with E-state index < -0.39 is 0 Å². The van der Waals surface area contributed by atoms with Gasteiger partial charge in [0.05, 0.1) is 12.1 Å². The number of carbonyl (C=O) groups is 2. The lowest BCUT2D eigenvalue weighted by Crippen LogP contribution is -2.61. The van der Waals surface area contributed by atoms with Crippen LogP contribution in [0.5, 0.6) is 0 Å². The van der Waals surface area contributed by atoms with E-state index in [1.54, 1.807) is 18.3 Å². The number of aromatic nitrogens is 1. The number of pyridine rings is 1. The van der Waals surface area contributed by atoms with Gasteiger partial charge in [0.2, 0.25) is 5.91 Å². The summed E-state index contributed by atoms with van der Waals surface area (Å²) in [6.07, 6.45) is 5.15. The number of hydrogen-bond donors (Lipinski definition) is 1. The topological polar surface area (TPSA) is 71.5 Å². The Hall–Kier alpha value is -1.95. The standard InChI is InChI=1S/C15H19N3O3/c19-13(9-17-14(20)12-2-1-5-16-8-12)18-10-15(11-18)3-6-21-7-4-15/h1-2,5,8H,3-4,6-7,9-11H2,(H,17,20). The summed E-state index contributed by atoms with van der Waals surface area (Å²) in [5, 5.41) is 2.64. The number of nitrogens with zero attached hydrogens (tertiary/aromatic N) is 2. The van der Waals surface area contributed by atoms with Crippen LogP contribution in [-0.4, -0.2) is 54.5 Å². The van der Waals surface area contributed by atoms with Crippen LogP contribution in [-0.2, 0) is 9.53 Å². The lowest BCUT2D eigenvalue weighted by atomic mass is 9.73. The summed E-state index contributed by atoms with van der Waals surface area (Å²) in [4.78, 5) is 29.6. The molecule has 2 saturated heterocycles. The average molecular weight is 289 g/mol. The number of amides is 2. The van der Waals surface area contributed by atoms with Crippen molar-refractivity contribution in [3.05, 3.63) is 30.1 Å². The maximum absolute atomic E-state index is 12.1. The van der Waals surface area contributed by atoms with E-state index in [4.69, 9.17) is 4.74 Å². The molecule has 0 aromatic carbocycles. The minimum Gasteiger partial charge on any atom is -0.381 e. The summed E-state index contributed by atoms with van der Waals surface area (Å²) in [7, 11) is 0. The highest BCUT2D eigenvalue weighted by atomic mass is 16.5. The van der Waals surface area contributed by atoms with Gasteiger partial charge in [0.25, 0.3) is 5.91 Å². The Labute approximate surface area is 123 Å². The maximum Gasteiger partial charge on any atom is 0.253 e. The fraction of sp³-hybridized carbons (Fsp3) is 0.533. The smallest absolute Gasteiger partial charge is 0.253 e. The summed E-state index contributed by atoms with van der Waals surface area (Å²) >= 11 is 0. The highest BCUT2D eigenvalue weighted by Crippen LogP contribution is 2.39. The van der Waals surface area contributed by atoms with Crippen molar-refractivity contribution < 1.29 is 14.3 Å². The normalized spacial score (nSPS) is 19.9. The van der Waals surface area contributed by atoms with Crippen molar-refractivity contribution in [3.8, 4) is 0 Å². The molecule has 1 aromatic heterocycles. The Morgan fingerprint density at radius 2 is 2.10 bits per heavy atom. The molecule has 0 aliphatic carbocycles. The molecule has 1 N–H and O–H groups in total. The van der Waals surface area contributed by atoms with Crippen molar-refractivity contribution in [1.29, 1.82) is 0 Å². The third-order valence-electron chi connectivity index (χ3n) is 4.28. The number of rotatable bonds is 3. The van der Waals surface area contributed by atoms with E-state index in [0.717, 1.165) is 39.1 Å².